The van der Waals surface area contributed by atoms with Crippen molar-refractivity contribution in [3.8, 4) is 17.2 Å². The zero-order valence-electron chi connectivity index (χ0n) is 15.7. The number of carbonyl (C=O) groups is 1. The first-order chi connectivity index (χ1) is 13.6. The second-order valence-electron chi connectivity index (χ2n) is 6.67. The normalized spacial score (nSPS) is 10.8. The SMILES string of the molecule is Cc1cccc(-c2nc3cc(NC(=O)COc4ccccc4C)ccc3o2)c1. The Hall–Kier alpha value is -3.60. The lowest BCUT2D eigenvalue weighted by Crippen LogP contribution is -2.20. The lowest BCUT2D eigenvalue weighted by Gasteiger charge is -2.09. The predicted octanol–water partition coefficient (Wildman–Crippen LogP) is 5.13. The molecule has 0 unspecified atom stereocenters. The molecular formula is C23H20N2O3. The summed E-state index contributed by atoms with van der Waals surface area (Å²) in [5.41, 5.74) is 5.06. The molecule has 0 aliphatic carbocycles. The van der Waals surface area contributed by atoms with E-state index in [0.717, 1.165) is 16.7 Å². The molecule has 0 saturated heterocycles. The quantitative estimate of drug-likeness (QED) is 0.527. The van der Waals surface area contributed by atoms with Crippen molar-refractivity contribution >= 4 is 22.7 Å². The molecule has 3 aromatic carbocycles. The summed E-state index contributed by atoms with van der Waals surface area (Å²) in [6.07, 6.45) is 0. The minimum absolute atomic E-state index is 0.0593. The second-order valence-corrected chi connectivity index (χ2v) is 6.67. The Morgan fingerprint density at radius 2 is 1.89 bits per heavy atom. The topological polar surface area (TPSA) is 64.4 Å². The third-order valence-corrected chi connectivity index (χ3v) is 4.39. The largest absolute Gasteiger partial charge is 0.483 e. The summed E-state index contributed by atoms with van der Waals surface area (Å²) >= 11 is 0. The molecule has 1 N–H and O–H groups in total. The molecule has 0 aliphatic rings. The molecule has 28 heavy (non-hydrogen) atoms. The maximum Gasteiger partial charge on any atom is 0.262 e. The van der Waals surface area contributed by atoms with Gasteiger partial charge in [-0.3, -0.25) is 4.79 Å². The number of benzene rings is 3. The van der Waals surface area contributed by atoms with Gasteiger partial charge in [0.15, 0.2) is 12.2 Å². The molecule has 4 aromatic rings. The summed E-state index contributed by atoms with van der Waals surface area (Å²) < 4.78 is 11.4. The van der Waals surface area contributed by atoms with E-state index in [0.29, 0.717) is 28.4 Å². The van der Waals surface area contributed by atoms with Gasteiger partial charge in [0.1, 0.15) is 11.3 Å². The van der Waals surface area contributed by atoms with E-state index in [1.807, 2.05) is 62.4 Å². The third kappa shape index (κ3) is 3.88. The molecule has 0 fully saturated rings. The third-order valence-electron chi connectivity index (χ3n) is 4.39. The lowest BCUT2D eigenvalue weighted by atomic mass is 10.1. The Labute approximate surface area is 163 Å². The molecule has 4 rings (SSSR count). The summed E-state index contributed by atoms with van der Waals surface area (Å²) in [6.45, 7) is 3.91. The fourth-order valence-electron chi connectivity index (χ4n) is 2.97. The van der Waals surface area contributed by atoms with E-state index in [4.69, 9.17) is 9.15 Å². The second kappa shape index (κ2) is 7.56. The number of nitrogens with one attached hydrogen (secondary N) is 1. The van der Waals surface area contributed by atoms with E-state index in [1.165, 1.54) is 0 Å². The van der Waals surface area contributed by atoms with Gasteiger partial charge in [-0.05, 0) is 55.8 Å². The van der Waals surface area contributed by atoms with Crippen LogP contribution in [-0.2, 0) is 4.79 Å². The lowest BCUT2D eigenvalue weighted by molar-refractivity contribution is -0.118. The smallest absolute Gasteiger partial charge is 0.262 e. The molecule has 0 aliphatic heterocycles. The Morgan fingerprint density at radius 1 is 1.04 bits per heavy atom. The van der Waals surface area contributed by atoms with Crippen molar-refractivity contribution in [2.75, 3.05) is 11.9 Å². The summed E-state index contributed by atoms with van der Waals surface area (Å²) in [7, 11) is 0. The van der Waals surface area contributed by atoms with Crippen molar-refractivity contribution in [3.05, 3.63) is 77.9 Å². The minimum Gasteiger partial charge on any atom is -0.483 e. The van der Waals surface area contributed by atoms with Crippen LogP contribution >= 0.6 is 0 Å². The molecule has 5 nitrogen and oxygen atoms in total. The molecule has 0 radical (unpaired) electrons. The van der Waals surface area contributed by atoms with Gasteiger partial charge in [-0.1, -0.05) is 35.9 Å². The summed E-state index contributed by atoms with van der Waals surface area (Å²) in [6, 6.07) is 21.0. The molecule has 1 amide bonds. The number of hydrogen-bond donors (Lipinski definition) is 1. The van der Waals surface area contributed by atoms with E-state index >= 15 is 0 Å². The molecule has 0 saturated carbocycles. The van der Waals surface area contributed by atoms with E-state index in [1.54, 1.807) is 18.2 Å². The summed E-state index contributed by atoms with van der Waals surface area (Å²) in [4.78, 5) is 16.8. The van der Waals surface area contributed by atoms with Crippen molar-refractivity contribution in [2.24, 2.45) is 0 Å². The Morgan fingerprint density at radius 3 is 2.71 bits per heavy atom. The Bertz CT molecular complexity index is 1150. The number of aromatic nitrogens is 1. The minimum atomic E-state index is -0.231. The number of anilines is 1. The number of oxazole rings is 1. The van der Waals surface area contributed by atoms with Gasteiger partial charge in [0, 0.05) is 11.3 Å². The average molecular weight is 372 g/mol. The van der Waals surface area contributed by atoms with Crippen LogP contribution in [0.4, 0.5) is 5.69 Å². The zero-order valence-corrected chi connectivity index (χ0v) is 15.7. The fraction of sp³-hybridized carbons (Fsp3) is 0.130. The number of nitrogens with zero attached hydrogens (tertiary/aromatic N) is 1. The van der Waals surface area contributed by atoms with Crippen molar-refractivity contribution in [2.45, 2.75) is 13.8 Å². The van der Waals surface area contributed by atoms with Gasteiger partial charge in [0.25, 0.3) is 5.91 Å². The van der Waals surface area contributed by atoms with Gasteiger partial charge in [-0.2, -0.15) is 0 Å². The van der Waals surface area contributed by atoms with Crippen LogP contribution in [0.1, 0.15) is 11.1 Å². The van der Waals surface area contributed by atoms with Crippen LogP contribution in [0.3, 0.4) is 0 Å². The van der Waals surface area contributed by atoms with E-state index in [-0.39, 0.29) is 12.5 Å². The van der Waals surface area contributed by atoms with Crippen LogP contribution < -0.4 is 10.1 Å². The average Bonchev–Trinajstić information content (AvgIpc) is 3.11. The predicted molar refractivity (Wildman–Crippen MR) is 109 cm³/mol. The zero-order chi connectivity index (χ0) is 19.5. The van der Waals surface area contributed by atoms with Gasteiger partial charge in [-0.15, -0.1) is 0 Å². The van der Waals surface area contributed by atoms with E-state index in [2.05, 4.69) is 10.3 Å². The number of carbonyl (C=O) groups excluding carboxylic acids is 1. The number of hydrogen-bond acceptors (Lipinski definition) is 4. The number of fused-ring (bicyclic) bond motifs is 1. The number of para-hydroxylation sites is 1. The fourth-order valence-corrected chi connectivity index (χ4v) is 2.97. The molecule has 1 aromatic heterocycles. The van der Waals surface area contributed by atoms with Gasteiger partial charge in [-0.25, -0.2) is 4.98 Å². The van der Waals surface area contributed by atoms with Crippen LogP contribution in [0, 0.1) is 13.8 Å². The van der Waals surface area contributed by atoms with Crippen molar-refractivity contribution in [1.29, 1.82) is 0 Å². The first-order valence-corrected chi connectivity index (χ1v) is 9.04. The highest BCUT2D eigenvalue weighted by Gasteiger charge is 2.11. The Kier molecular flexibility index (Phi) is 4.81. The van der Waals surface area contributed by atoms with Gasteiger partial charge < -0.3 is 14.5 Å². The molecule has 140 valence electrons. The first kappa shape index (κ1) is 17.8. The molecule has 0 bridgehead atoms. The van der Waals surface area contributed by atoms with Gasteiger partial charge in [0.05, 0.1) is 0 Å². The maximum absolute atomic E-state index is 12.2. The van der Waals surface area contributed by atoms with Crippen LogP contribution in [0.25, 0.3) is 22.6 Å². The molecular weight excluding hydrogens is 352 g/mol. The summed E-state index contributed by atoms with van der Waals surface area (Å²) in [5.74, 6) is 1.03. The molecule has 0 atom stereocenters. The highest BCUT2D eigenvalue weighted by Crippen LogP contribution is 2.26. The number of ether oxygens (including phenoxy) is 1. The Balaban J connectivity index is 1.47. The number of amides is 1. The number of rotatable bonds is 5. The standard InChI is InChI=1S/C23H20N2O3/c1-15-6-5-8-17(12-15)23-25-19-13-18(10-11-21(19)28-23)24-22(26)14-27-20-9-4-3-7-16(20)2/h3-13H,14H2,1-2H3,(H,24,26). The molecule has 0 spiro atoms. The van der Waals surface area contributed by atoms with Crippen LogP contribution in [0.15, 0.2) is 71.1 Å². The number of aryl methyl sites for hydroxylation is 2. The van der Waals surface area contributed by atoms with Crippen molar-refractivity contribution in [1.82, 2.24) is 4.98 Å². The monoisotopic (exact) mass is 372 g/mol. The highest BCUT2D eigenvalue weighted by atomic mass is 16.5. The molecule has 5 heteroatoms. The maximum atomic E-state index is 12.2. The van der Waals surface area contributed by atoms with E-state index in [9.17, 15) is 4.79 Å². The summed E-state index contributed by atoms with van der Waals surface area (Å²) in [5, 5.41) is 2.84. The van der Waals surface area contributed by atoms with Crippen molar-refractivity contribution < 1.29 is 13.9 Å². The molecule has 1 heterocycles. The highest BCUT2D eigenvalue weighted by molar-refractivity contribution is 5.94. The van der Waals surface area contributed by atoms with Gasteiger partial charge >= 0.3 is 0 Å². The van der Waals surface area contributed by atoms with Crippen LogP contribution in [0.2, 0.25) is 0 Å². The first-order valence-electron chi connectivity index (χ1n) is 9.04. The van der Waals surface area contributed by atoms with Crippen molar-refractivity contribution in [3.63, 3.8) is 0 Å². The van der Waals surface area contributed by atoms with Crippen LogP contribution in [-0.4, -0.2) is 17.5 Å². The van der Waals surface area contributed by atoms with Crippen LogP contribution in [0.5, 0.6) is 5.75 Å². The van der Waals surface area contributed by atoms with E-state index < -0.39 is 0 Å². The van der Waals surface area contributed by atoms with Gasteiger partial charge in [0.2, 0.25) is 5.89 Å².